The summed E-state index contributed by atoms with van der Waals surface area (Å²) in [6.07, 6.45) is 5.40. The maximum absolute atomic E-state index is 5.72. The number of hydrogen-bond donors (Lipinski definition) is 1. The molecule has 0 aromatic carbocycles. The lowest BCUT2D eigenvalue weighted by Crippen LogP contribution is -2.27. The fraction of sp³-hybridized carbons (Fsp3) is 0.538. The normalized spacial score (nSPS) is 10.8. The van der Waals surface area contributed by atoms with Crippen LogP contribution in [0.3, 0.4) is 0 Å². The summed E-state index contributed by atoms with van der Waals surface area (Å²) in [5.41, 5.74) is 0.204. The lowest BCUT2D eigenvalue weighted by molar-refractivity contribution is 0.163. The Morgan fingerprint density at radius 1 is 1.35 bits per heavy atom. The fourth-order valence-electron chi connectivity index (χ4n) is 1.31. The zero-order valence-electron chi connectivity index (χ0n) is 11.1. The molecule has 0 aliphatic carbocycles. The lowest BCUT2D eigenvalue weighted by atomic mass is 10.1. The Bertz CT molecular complexity index is 447. The third kappa shape index (κ3) is 3.35. The van der Waals surface area contributed by atoms with Gasteiger partial charge in [0.15, 0.2) is 5.60 Å². The molecule has 0 atom stereocenters. The van der Waals surface area contributed by atoms with Gasteiger partial charge in [-0.05, 0) is 34.6 Å². The van der Waals surface area contributed by atoms with Crippen LogP contribution in [-0.4, -0.2) is 22.1 Å². The Morgan fingerprint density at radius 3 is 2.53 bits per heavy atom. The third-order valence-corrected chi connectivity index (χ3v) is 2.26. The highest BCUT2D eigenvalue weighted by Crippen LogP contribution is 2.25. The van der Waals surface area contributed by atoms with Gasteiger partial charge in [-0.2, -0.15) is 4.98 Å². The van der Waals surface area contributed by atoms with Crippen LogP contribution in [0.5, 0.6) is 5.88 Å². The minimum absolute atomic E-state index is 0.538. The quantitative estimate of drug-likeness (QED) is 0.811. The first-order valence-electron chi connectivity index (χ1n) is 5.65. The van der Waals surface area contributed by atoms with E-state index in [1.54, 1.807) is 0 Å². The number of nitrogens with zero attached hydrogens (tertiary/aromatic N) is 2. The predicted molar refractivity (Wildman–Crippen MR) is 69.2 cm³/mol. The van der Waals surface area contributed by atoms with Crippen molar-refractivity contribution in [2.45, 2.75) is 40.2 Å². The van der Waals surface area contributed by atoms with E-state index in [1.807, 2.05) is 34.6 Å². The van der Waals surface area contributed by atoms with Crippen LogP contribution in [-0.2, 0) is 0 Å². The van der Waals surface area contributed by atoms with E-state index in [-0.39, 0.29) is 0 Å². The van der Waals surface area contributed by atoms with Crippen LogP contribution in [0.2, 0.25) is 0 Å². The third-order valence-electron chi connectivity index (χ3n) is 2.26. The van der Waals surface area contributed by atoms with Gasteiger partial charge < -0.3 is 10.1 Å². The van der Waals surface area contributed by atoms with Gasteiger partial charge in [0.05, 0.1) is 5.56 Å². The maximum atomic E-state index is 5.72. The van der Waals surface area contributed by atoms with Crippen molar-refractivity contribution in [3.8, 4) is 18.2 Å². The summed E-state index contributed by atoms with van der Waals surface area (Å²) in [5.74, 6) is 4.58. The molecule has 92 valence electrons. The smallest absolute Gasteiger partial charge is 0.223 e. The molecule has 1 N–H and O–H groups in total. The maximum Gasteiger partial charge on any atom is 0.223 e. The molecule has 1 heterocycles. The van der Waals surface area contributed by atoms with Crippen molar-refractivity contribution in [1.82, 2.24) is 9.97 Å². The number of ether oxygens (including phenoxy) is 1. The summed E-state index contributed by atoms with van der Waals surface area (Å²) in [6, 6.07) is 0. The summed E-state index contributed by atoms with van der Waals surface area (Å²) in [7, 11) is 0. The van der Waals surface area contributed by atoms with E-state index in [1.165, 1.54) is 0 Å². The van der Waals surface area contributed by atoms with Crippen molar-refractivity contribution in [2.75, 3.05) is 11.9 Å². The Labute approximate surface area is 103 Å². The molecule has 0 spiro atoms. The van der Waals surface area contributed by atoms with Gasteiger partial charge in [0, 0.05) is 6.54 Å². The highest BCUT2D eigenvalue weighted by Gasteiger charge is 2.19. The van der Waals surface area contributed by atoms with Crippen molar-refractivity contribution in [3.05, 3.63) is 11.4 Å². The minimum atomic E-state index is -0.672. The average molecular weight is 233 g/mol. The van der Waals surface area contributed by atoms with Gasteiger partial charge in [0.25, 0.3) is 0 Å². The number of anilines is 1. The van der Waals surface area contributed by atoms with Crippen LogP contribution in [0.1, 0.15) is 32.2 Å². The first-order chi connectivity index (χ1) is 7.89. The summed E-state index contributed by atoms with van der Waals surface area (Å²) < 4.78 is 5.72. The molecule has 0 aliphatic rings. The van der Waals surface area contributed by atoms with Crippen molar-refractivity contribution >= 4 is 5.82 Å². The van der Waals surface area contributed by atoms with Gasteiger partial charge in [-0.15, -0.1) is 6.42 Å². The molecule has 4 heteroatoms. The molecule has 0 bridgehead atoms. The van der Waals surface area contributed by atoms with E-state index in [0.717, 1.165) is 17.9 Å². The molecule has 1 aromatic heterocycles. The first-order valence-corrected chi connectivity index (χ1v) is 5.65. The number of hydrogen-bond acceptors (Lipinski definition) is 4. The predicted octanol–water partition coefficient (Wildman–Crippen LogP) is 2.32. The van der Waals surface area contributed by atoms with Gasteiger partial charge in [0.1, 0.15) is 11.6 Å². The highest BCUT2D eigenvalue weighted by molar-refractivity contribution is 5.48. The molecule has 0 amide bonds. The SMILES string of the molecule is C#CC(C)(C)Oc1nc(C)nc(NCC)c1C. The van der Waals surface area contributed by atoms with E-state index < -0.39 is 5.60 Å². The van der Waals surface area contributed by atoms with Crippen LogP contribution in [0.15, 0.2) is 0 Å². The van der Waals surface area contributed by atoms with Gasteiger partial charge in [0.2, 0.25) is 5.88 Å². The van der Waals surface area contributed by atoms with Crippen molar-refractivity contribution in [3.63, 3.8) is 0 Å². The number of rotatable bonds is 4. The van der Waals surface area contributed by atoms with Gasteiger partial charge >= 0.3 is 0 Å². The summed E-state index contributed by atoms with van der Waals surface area (Å²) in [4.78, 5) is 8.60. The Morgan fingerprint density at radius 2 is 2.00 bits per heavy atom. The number of terminal acetylenes is 1. The standard InChI is InChI=1S/C13H19N3O/c1-7-13(5,6)17-12-9(3)11(14-8-2)15-10(4)16-12/h1H,8H2,2-6H3,(H,14,15,16). The number of nitrogens with one attached hydrogen (secondary N) is 1. The second kappa shape index (κ2) is 5.05. The summed E-state index contributed by atoms with van der Waals surface area (Å²) >= 11 is 0. The number of aryl methyl sites for hydroxylation is 1. The molecule has 4 nitrogen and oxygen atoms in total. The molecule has 0 radical (unpaired) electrons. The molecule has 0 aliphatic heterocycles. The van der Waals surface area contributed by atoms with E-state index in [9.17, 15) is 0 Å². The monoisotopic (exact) mass is 233 g/mol. The zero-order chi connectivity index (χ0) is 13.1. The van der Waals surface area contributed by atoms with Gasteiger partial charge in [-0.3, -0.25) is 0 Å². The second-order valence-corrected chi connectivity index (χ2v) is 4.34. The topological polar surface area (TPSA) is 47.0 Å². The van der Waals surface area contributed by atoms with Crippen LogP contribution >= 0.6 is 0 Å². The second-order valence-electron chi connectivity index (χ2n) is 4.34. The van der Waals surface area contributed by atoms with E-state index >= 15 is 0 Å². The molecule has 1 aromatic rings. The summed E-state index contributed by atoms with van der Waals surface area (Å²) in [5, 5.41) is 3.18. The highest BCUT2D eigenvalue weighted by atomic mass is 16.5. The molecule has 1 rings (SSSR count). The molecule has 0 saturated heterocycles. The van der Waals surface area contributed by atoms with Gasteiger partial charge in [-0.1, -0.05) is 5.92 Å². The first kappa shape index (κ1) is 13.3. The molecule has 0 saturated carbocycles. The van der Waals surface area contributed by atoms with Gasteiger partial charge in [-0.25, -0.2) is 4.98 Å². The Balaban J connectivity index is 3.12. The Kier molecular flexibility index (Phi) is 3.95. The fourth-order valence-corrected chi connectivity index (χ4v) is 1.31. The van der Waals surface area contributed by atoms with Crippen LogP contribution in [0.25, 0.3) is 0 Å². The minimum Gasteiger partial charge on any atom is -0.458 e. The van der Waals surface area contributed by atoms with E-state index in [0.29, 0.717) is 11.7 Å². The molecule has 17 heavy (non-hydrogen) atoms. The van der Waals surface area contributed by atoms with Crippen LogP contribution in [0.4, 0.5) is 5.82 Å². The molecule has 0 unspecified atom stereocenters. The van der Waals surface area contributed by atoms with E-state index in [4.69, 9.17) is 11.2 Å². The number of aromatic nitrogens is 2. The largest absolute Gasteiger partial charge is 0.458 e. The Hall–Kier alpha value is -1.76. The van der Waals surface area contributed by atoms with Crippen LogP contribution in [0, 0.1) is 26.2 Å². The van der Waals surface area contributed by atoms with Crippen molar-refractivity contribution < 1.29 is 4.74 Å². The molecular formula is C13H19N3O. The summed E-state index contributed by atoms with van der Waals surface area (Å²) in [6.45, 7) is 10.2. The molecular weight excluding hydrogens is 214 g/mol. The van der Waals surface area contributed by atoms with Crippen molar-refractivity contribution in [2.24, 2.45) is 0 Å². The van der Waals surface area contributed by atoms with E-state index in [2.05, 4.69) is 21.2 Å². The van der Waals surface area contributed by atoms with Crippen molar-refractivity contribution in [1.29, 1.82) is 0 Å². The molecule has 0 fully saturated rings. The van der Waals surface area contributed by atoms with Crippen LogP contribution < -0.4 is 10.1 Å². The average Bonchev–Trinajstić information content (AvgIpc) is 2.25. The zero-order valence-corrected chi connectivity index (χ0v) is 11.1. The lowest BCUT2D eigenvalue weighted by Gasteiger charge is -2.21.